The van der Waals surface area contributed by atoms with E-state index in [-0.39, 0.29) is 11.9 Å². The first-order valence-corrected chi connectivity index (χ1v) is 9.77. The molecule has 0 bridgehead atoms. The number of hydrogen-bond acceptors (Lipinski definition) is 4. The SMILES string of the molecule is CC(C)Cc1ccc([C@H](C)NC(=O)CCc2nc(-c3ccccc3)no2)cc1. The van der Waals surface area contributed by atoms with E-state index in [0.29, 0.717) is 30.5 Å². The molecule has 0 aliphatic heterocycles. The van der Waals surface area contributed by atoms with Crippen molar-refractivity contribution in [3.8, 4) is 11.4 Å². The summed E-state index contributed by atoms with van der Waals surface area (Å²) >= 11 is 0. The number of nitrogens with zero attached hydrogens (tertiary/aromatic N) is 2. The van der Waals surface area contributed by atoms with Gasteiger partial charge in [-0.15, -0.1) is 0 Å². The highest BCUT2D eigenvalue weighted by atomic mass is 16.5. The van der Waals surface area contributed by atoms with Crippen LogP contribution in [0.15, 0.2) is 59.1 Å². The van der Waals surface area contributed by atoms with Crippen LogP contribution in [0.25, 0.3) is 11.4 Å². The molecule has 0 spiro atoms. The first-order chi connectivity index (χ1) is 13.5. The maximum absolute atomic E-state index is 12.3. The van der Waals surface area contributed by atoms with Crippen molar-refractivity contribution in [3.63, 3.8) is 0 Å². The van der Waals surface area contributed by atoms with Crippen LogP contribution in [-0.4, -0.2) is 16.0 Å². The smallest absolute Gasteiger partial charge is 0.227 e. The Morgan fingerprint density at radius 1 is 1.04 bits per heavy atom. The van der Waals surface area contributed by atoms with Crippen LogP contribution in [0.4, 0.5) is 0 Å². The third-order valence-electron chi connectivity index (χ3n) is 4.57. The summed E-state index contributed by atoms with van der Waals surface area (Å²) in [7, 11) is 0. The van der Waals surface area contributed by atoms with Gasteiger partial charge in [0, 0.05) is 18.4 Å². The minimum atomic E-state index is -0.0387. The molecule has 0 saturated carbocycles. The Bertz CT molecular complexity index is 886. The standard InChI is InChI=1S/C23H27N3O2/c1-16(2)15-18-9-11-19(12-10-18)17(3)24-21(27)13-14-22-25-23(26-28-22)20-7-5-4-6-8-20/h4-12,16-17H,13-15H2,1-3H3,(H,24,27)/t17-/m0/s1. The van der Waals surface area contributed by atoms with Crippen molar-refractivity contribution in [2.24, 2.45) is 5.92 Å². The van der Waals surface area contributed by atoms with E-state index in [1.54, 1.807) is 0 Å². The van der Waals surface area contributed by atoms with Gasteiger partial charge in [-0.2, -0.15) is 4.98 Å². The summed E-state index contributed by atoms with van der Waals surface area (Å²) in [6, 6.07) is 18.1. The number of amides is 1. The van der Waals surface area contributed by atoms with Crippen molar-refractivity contribution in [1.82, 2.24) is 15.5 Å². The van der Waals surface area contributed by atoms with E-state index < -0.39 is 0 Å². The zero-order valence-corrected chi connectivity index (χ0v) is 16.7. The lowest BCUT2D eigenvalue weighted by Gasteiger charge is -2.15. The molecular formula is C23H27N3O2. The highest BCUT2D eigenvalue weighted by molar-refractivity contribution is 5.76. The second kappa shape index (κ2) is 9.31. The topological polar surface area (TPSA) is 68.0 Å². The van der Waals surface area contributed by atoms with Crippen molar-refractivity contribution in [3.05, 3.63) is 71.6 Å². The van der Waals surface area contributed by atoms with E-state index >= 15 is 0 Å². The molecule has 28 heavy (non-hydrogen) atoms. The predicted molar refractivity (Wildman–Crippen MR) is 110 cm³/mol. The van der Waals surface area contributed by atoms with Crippen molar-refractivity contribution >= 4 is 5.91 Å². The number of carbonyl (C=O) groups is 1. The van der Waals surface area contributed by atoms with Crippen molar-refractivity contribution < 1.29 is 9.32 Å². The van der Waals surface area contributed by atoms with E-state index in [4.69, 9.17) is 4.52 Å². The first-order valence-electron chi connectivity index (χ1n) is 9.77. The van der Waals surface area contributed by atoms with Crippen molar-refractivity contribution in [2.75, 3.05) is 0 Å². The lowest BCUT2D eigenvalue weighted by molar-refractivity contribution is -0.121. The van der Waals surface area contributed by atoms with Crippen LogP contribution in [0.3, 0.4) is 0 Å². The number of hydrogen-bond donors (Lipinski definition) is 1. The molecule has 146 valence electrons. The Hall–Kier alpha value is -2.95. The molecule has 0 aliphatic rings. The van der Waals surface area contributed by atoms with Gasteiger partial charge in [0.05, 0.1) is 6.04 Å². The van der Waals surface area contributed by atoms with Gasteiger partial charge in [0.2, 0.25) is 17.6 Å². The van der Waals surface area contributed by atoms with Gasteiger partial charge in [0.1, 0.15) is 0 Å². The molecule has 1 aromatic heterocycles. The summed E-state index contributed by atoms with van der Waals surface area (Å²) in [5.41, 5.74) is 3.32. The molecule has 3 aromatic rings. The molecule has 1 atom stereocenters. The second-order valence-corrected chi connectivity index (χ2v) is 7.51. The summed E-state index contributed by atoms with van der Waals surface area (Å²) in [5, 5.41) is 7.02. The fourth-order valence-electron chi connectivity index (χ4n) is 3.09. The molecule has 0 unspecified atom stereocenters. The van der Waals surface area contributed by atoms with Crippen molar-refractivity contribution in [2.45, 2.75) is 46.1 Å². The molecular weight excluding hydrogens is 350 g/mol. The van der Waals surface area contributed by atoms with Gasteiger partial charge < -0.3 is 9.84 Å². The minimum Gasteiger partial charge on any atom is -0.350 e. The summed E-state index contributed by atoms with van der Waals surface area (Å²) in [5.74, 6) is 1.62. The van der Waals surface area contributed by atoms with Gasteiger partial charge >= 0.3 is 0 Å². The van der Waals surface area contributed by atoms with Gasteiger partial charge in [0.25, 0.3) is 0 Å². The van der Waals surface area contributed by atoms with Gasteiger partial charge in [-0.25, -0.2) is 0 Å². The lowest BCUT2D eigenvalue weighted by Crippen LogP contribution is -2.26. The van der Waals surface area contributed by atoms with E-state index in [0.717, 1.165) is 17.5 Å². The fraction of sp³-hybridized carbons (Fsp3) is 0.348. The number of benzene rings is 2. The Kier molecular flexibility index (Phi) is 6.58. The molecule has 0 radical (unpaired) electrons. The van der Waals surface area contributed by atoms with Gasteiger partial charge in [-0.05, 0) is 30.4 Å². The Labute approximate surface area is 166 Å². The normalized spacial score (nSPS) is 12.1. The summed E-state index contributed by atoms with van der Waals surface area (Å²) in [6.45, 7) is 6.42. The van der Waals surface area contributed by atoms with Gasteiger partial charge in [-0.3, -0.25) is 4.79 Å². The third-order valence-corrected chi connectivity index (χ3v) is 4.57. The zero-order valence-electron chi connectivity index (χ0n) is 16.7. The van der Waals surface area contributed by atoms with E-state index in [1.807, 2.05) is 37.3 Å². The summed E-state index contributed by atoms with van der Waals surface area (Å²) < 4.78 is 5.26. The van der Waals surface area contributed by atoms with E-state index in [9.17, 15) is 4.79 Å². The average Bonchev–Trinajstić information content (AvgIpc) is 3.16. The summed E-state index contributed by atoms with van der Waals surface area (Å²) in [6.07, 6.45) is 1.80. The Morgan fingerprint density at radius 3 is 2.43 bits per heavy atom. The van der Waals surface area contributed by atoms with Gasteiger partial charge in [-0.1, -0.05) is 73.6 Å². The summed E-state index contributed by atoms with van der Waals surface area (Å²) in [4.78, 5) is 16.7. The van der Waals surface area contributed by atoms with Crippen LogP contribution in [0.2, 0.25) is 0 Å². The maximum Gasteiger partial charge on any atom is 0.227 e. The largest absolute Gasteiger partial charge is 0.350 e. The monoisotopic (exact) mass is 377 g/mol. The highest BCUT2D eigenvalue weighted by Crippen LogP contribution is 2.17. The Morgan fingerprint density at radius 2 is 1.75 bits per heavy atom. The van der Waals surface area contributed by atoms with Crippen LogP contribution >= 0.6 is 0 Å². The molecule has 0 aliphatic carbocycles. The molecule has 1 N–H and O–H groups in total. The molecule has 0 fully saturated rings. The average molecular weight is 377 g/mol. The number of nitrogens with one attached hydrogen (secondary N) is 1. The molecule has 1 amide bonds. The molecule has 5 nitrogen and oxygen atoms in total. The number of carbonyl (C=O) groups excluding carboxylic acids is 1. The number of aryl methyl sites for hydroxylation is 1. The third kappa shape index (κ3) is 5.52. The van der Waals surface area contributed by atoms with Crippen molar-refractivity contribution in [1.29, 1.82) is 0 Å². The zero-order chi connectivity index (χ0) is 19.9. The number of rotatable bonds is 8. The van der Waals surface area contributed by atoms with Crippen LogP contribution in [0.5, 0.6) is 0 Å². The van der Waals surface area contributed by atoms with Crippen LogP contribution in [-0.2, 0) is 17.6 Å². The van der Waals surface area contributed by atoms with Crippen LogP contribution < -0.4 is 5.32 Å². The first kappa shape index (κ1) is 19.8. The minimum absolute atomic E-state index is 0.0294. The molecule has 1 heterocycles. The maximum atomic E-state index is 12.3. The lowest BCUT2D eigenvalue weighted by atomic mass is 10.00. The van der Waals surface area contributed by atoms with E-state index in [1.165, 1.54) is 5.56 Å². The highest BCUT2D eigenvalue weighted by Gasteiger charge is 2.13. The second-order valence-electron chi connectivity index (χ2n) is 7.51. The van der Waals surface area contributed by atoms with Crippen LogP contribution in [0, 0.1) is 5.92 Å². The molecule has 2 aromatic carbocycles. The van der Waals surface area contributed by atoms with Crippen LogP contribution in [0.1, 0.15) is 50.3 Å². The predicted octanol–water partition coefficient (Wildman–Crippen LogP) is 4.75. The molecule has 3 rings (SSSR count). The number of aromatic nitrogens is 2. The quantitative estimate of drug-likeness (QED) is 0.615. The fourth-order valence-corrected chi connectivity index (χ4v) is 3.09. The van der Waals surface area contributed by atoms with Gasteiger partial charge in [0.15, 0.2) is 0 Å². The Balaban J connectivity index is 1.49. The van der Waals surface area contributed by atoms with E-state index in [2.05, 4.69) is 53.6 Å². The molecule has 5 heteroatoms. The molecule has 0 saturated heterocycles.